The van der Waals surface area contributed by atoms with Gasteiger partial charge in [-0.15, -0.1) is 10.2 Å². The van der Waals surface area contributed by atoms with Crippen LogP contribution < -0.4 is 5.32 Å². The first-order valence-electron chi connectivity index (χ1n) is 6.74. The van der Waals surface area contributed by atoms with Crippen LogP contribution in [0.25, 0.3) is 5.65 Å². The molecule has 1 N–H and O–H groups in total. The van der Waals surface area contributed by atoms with Gasteiger partial charge in [0.2, 0.25) is 0 Å². The third-order valence-electron chi connectivity index (χ3n) is 3.07. The largest absolute Gasteiger partial charge is 0.313 e. The van der Waals surface area contributed by atoms with E-state index in [4.69, 9.17) is 0 Å². The number of aromatic nitrogens is 3. The minimum absolute atomic E-state index is 0.842. The van der Waals surface area contributed by atoms with Crippen LogP contribution in [0.5, 0.6) is 0 Å². The molecule has 108 valence electrons. The Morgan fingerprint density at radius 3 is 3.00 bits per heavy atom. The second-order valence-corrected chi connectivity index (χ2v) is 6.47. The second kappa shape index (κ2) is 6.60. The van der Waals surface area contributed by atoms with E-state index in [2.05, 4.69) is 56.6 Å². The third kappa shape index (κ3) is 3.28. The lowest BCUT2D eigenvalue weighted by Gasteiger charge is -2.09. The Labute approximate surface area is 136 Å². The number of rotatable bonds is 5. The van der Waals surface area contributed by atoms with Crippen molar-refractivity contribution in [3.8, 4) is 0 Å². The maximum atomic E-state index is 4.28. The van der Waals surface area contributed by atoms with Crippen LogP contribution in [0.1, 0.15) is 12.5 Å². The van der Waals surface area contributed by atoms with Crippen LogP contribution in [0.2, 0.25) is 0 Å². The Balaban J connectivity index is 1.93. The molecular formula is C15H15BrN4S. The van der Waals surface area contributed by atoms with Crippen LogP contribution >= 0.6 is 27.7 Å². The lowest BCUT2D eigenvalue weighted by atomic mass is 10.2. The highest BCUT2D eigenvalue weighted by Crippen LogP contribution is 2.31. The summed E-state index contributed by atoms with van der Waals surface area (Å²) in [5.41, 5.74) is 2.12. The molecular weight excluding hydrogens is 348 g/mol. The minimum atomic E-state index is 0.842. The van der Waals surface area contributed by atoms with Gasteiger partial charge in [-0.1, -0.05) is 28.9 Å². The molecule has 2 heterocycles. The van der Waals surface area contributed by atoms with Gasteiger partial charge in [-0.05, 0) is 54.2 Å². The Hall–Kier alpha value is -1.37. The van der Waals surface area contributed by atoms with Crippen molar-refractivity contribution >= 4 is 33.3 Å². The van der Waals surface area contributed by atoms with Gasteiger partial charge >= 0.3 is 0 Å². The Morgan fingerprint density at radius 1 is 1.24 bits per heavy atom. The molecule has 0 aliphatic rings. The normalized spacial score (nSPS) is 11.1. The van der Waals surface area contributed by atoms with Gasteiger partial charge in [-0.3, -0.25) is 4.40 Å². The summed E-state index contributed by atoms with van der Waals surface area (Å²) in [5.74, 6) is 0. The first kappa shape index (κ1) is 14.6. The summed E-state index contributed by atoms with van der Waals surface area (Å²) >= 11 is 5.17. The highest BCUT2D eigenvalue weighted by molar-refractivity contribution is 9.10. The molecule has 0 amide bonds. The summed E-state index contributed by atoms with van der Waals surface area (Å²) in [6.45, 7) is 3.90. The number of fused-ring (bicyclic) bond motifs is 1. The summed E-state index contributed by atoms with van der Waals surface area (Å²) in [7, 11) is 0. The molecule has 0 unspecified atom stereocenters. The average molecular weight is 363 g/mol. The van der Waals surface area contributed by atoms with Crippen molar-refractivity contribution < 1.29 is 0 Å². The zero-order chi connectivity index (χ0) is 14.7. The summed E-state index contributed by atoms with van der Waals surface area (Å²) < 4.78 is 3.09. The number of hydrogen-bond acceptors (Lipinski definition) is 4. The van der Waals surface area contributed by atoms with Gasteiger partial charge in [0.05, 0.1) is 0 Å². The van der Waals surface area contributed by atoms with Crippen molar-refractivity contribution in [2.75, 3.05) is 6.54 Å². The molecule has 2 aromatic heterocycles. The maximum absolute atomic E-state index is 4.28. The first-order valence-corrected chi connectivity index (χ1v) is 8.35. The van der Waals surface area contributed by atoms with Crippen molar-refractivity contribution in [3.05, 3.63) is 52.6 Å². The van der Waals surface area contributed by atoms with Crippen LogP contribution in [0.4, 0.5) is 0 Å². The summed E-state index contributed by atoms with van der Waals surface area (Å²) in [4.78, 5) is 1.19. The number of nitrogens with one attached hydrogen (secondary N) is 1. The number of hydrogen-bond donors (Lipinski definition) is 1. The number of nitrogens with zero attached hydrogens (tertiary/aromatic N) is 3. The number of halogens is 1. The van der Waals surface area contributed by atoms with Gasteiger partial charge in [-0.25, -0.2) is 0 Å². The topological polar surface area (TPSA) is 42.2 Å². The standard InChI is InChI=1S/C15H15BrN4S/c1-2-17-10-11-9-12(16)6-7-13(11)21-15-19-18-14-5-3-4-8-20(14)15/h3-9,17H,2,10H2,1H3. The zero-order valence-electron chi connectivity index (χ0n) is 11.6. The molecule has 1 aromatic carbocycles. The summed E-state index contributed by atoms with van der Waals surface area (Å²) in [6, 6.07) is 12.2. The number of pyridine rings is 1. The molecule has 3 rings (SSSR count). The Morgan fingerprint density at radius 2 is 2.14 bits per heavy atom. The molecule has 0 atom stereocenters. The first-order chi connectivity index (χ1) is 10.3. The molecule has 21 heavy (non-hydrogen) atoms. The van der Waals surface area contributed by atoms with E-state index in [1.165, 1.54) is 10.5 Å². The van der Waals surface area contributed by atoms with Crippen molar-refractivity contribution in [1.29, 1.82) is 0 Å². The average Bonchev–Trinajstić information content (AvgIpc) is 2.91. The molecule has 6 heteroatoms. The van der Waals surface area contributed by atoms with Gasteiger partial charge < -0.3 is 5.32 Å². The minimum Gasteiger partial charge on any atom is -0.313 e. The van der Waals surface area contributed by atoms with E-state index < -0.39 is 0 Å². The highest BCUT2D eigenvalue weighted by Gasteiger charge is 2.10. The molecule has 0 fully saturated rings. The van der Waals surface area contributed by atoms with E-state index in [0.29, 0.717) is 0 Å². The molecule has 0 bridgehead atoms. The van der Waals surface area contributed by atoms with Crippen LogP contribution in [0.15, 0.2) is 57.1 Å². The van der Waals surface area contributed by atoms with Crippen molar-refractivity contribution in [2.45, 2.75) is 23.5 Å². The van der Waals surface area contributed by atoms with Gasteiger partial charge in [-0.2, -0.15) is 0 Å². The summed E-state index contributed by atoms with van der Waals surface area (Å²) in [6.07, 6.45) is 1.99. The van der Waals surface area contributed by atoms with Gasteiger partial charge in [0.1, 0.15) is 0 Å². The predicted molar refractivity (Wildman–Crippen MR) is 88.6 cm³/mol. The van der Waals surface area contributed by atoms with Crippen LogP contribution in [0.3, 0.4) is 0 Å². The Kier molecular flexibility index (Phi) is 4.57. The van der Waals surface area contributed by atoms with Crippen molar-refractivity contribution in [3.63, 3.8) is 0 Å². The SMILES string of the molecule is CCNCc1cc(Br)ccc1Sc1nnc2ccccn12. The van der Waals surface area contributed by atoms with E-state index in [1.54, 1.807) is 11.8 Å². The monoisotopic (exact) mass is 362 g/mol. The van der Waals surface area contributed by atoms with Crippen LogP contribution in [-0.4, -0.2) is 21.1 Å². The number of benzene rings is 1. The molecule has 0 saturated heterocycles. The van der Waals surface area contributed by atoms with E-state index >= 15 is 0 Å². The third-order valence-corrected chi connectivity index (χ3v) is 4.64. The van der Waals surface area contributed by atoms with E-state index in [-0.39, 0.29) is 0 Å². The lowest BCUT2D eigenvalue weighted by Crippen LogP contribution is -2.12. The molecule has 0 radical (unpaired) electrons. The predicted octanol–water partition coefficient (Wildman–Crippen LogP) is 3.75. The van der Waals surface area contributed by atoms with Gasteiger partial charge in [0, 0.05) is 22.1 Å². The second-order valence-electron chi connectivity index (χ2n) is 4.55. The van der Waals surface area contributed by atoms with E-state index in [1.807, 2.05) is 28.8 Å². The van der Waals surface area contributed by atoms with Crippen LogP contribution in [0, 0.1) is 0 Å². The van der Waals surface area contributed by atoms with Gasteiger partial charge in [0.25, 0.3) is 0 Å². The smallest absolute Gasteiger partial charge is 0.200 e. The summed E-state index contributed by atoms with van der Waals surface area (Å²) in [5, 5.41) is 12.7. The van der Waals surface area contributed by atoms with Crippen LogP contribution in [-0.2, 0) is 6.54 Å². The molecule has 0 saturated carbocycles. The quantitative estimate of drug-likeness (QED) is 0.750. The molecule has 0 spiro atoms. The zero-order valence-corrected chi connectivity index (χ0v) is 14.0. The van der Waals surface area contributed by atoms with Gasteiger partial charge in [0.15, 0.2) is 10.8 Å². The molecule has 0 aliphatic carbocycles. The van der Waals surface area contributed by atoms with E-state index in [0.717, 1.165) is 28.4 Å². The lowest BCUT2D eigenvalue weighted by molar-refractivity contribution is 0.717. The fraction of sp³-hybridized carbons (Fsp3) is 0.200. The molecule has 0 aliphatic heterocycles. The van der Waals surface area contributed by atoms with Crippen molar-refractivity contribution in [2.24, 2.45) is 0 Å². The Bertz CT molecular complexity index is 756. The van der Waals surface area contributed by atoms with E-state index in [9.17, 15) is 0 Å². The van der Waals surface area contributed by atoms with Crippen molar-refractivity contribution in [1.82, 2.24) is 19.9 Å². The molecule has 4 nitrogen and oxygen atoms in total. The molecule has 3 aromatic rings. The fourth-order valence-electron chi connectivity index (χ4n) is 2.03. The maximum Gasteiger partial charge on any atom is 0.200 e. The fourth-order valence-corrected chi connectivity index (χ4v) is 3.37. The highest BCUT2D eigenvalue weighted by atomic mass is 79.9.